The number of esters is 1. The second-order valence-electron chi connectivity index (χ2n) is 11.7. The van der Waals surface area contributed by atoms with Crippen molar-refractivity contribution in [3.05, 3.63) is 90.6 Å². The van der Waals surface area contributed by atoms with Gasteiger partial charge in [-0.05, 0) is 36.6 Å². The molecule has 12 nitrogen and oxygen atoms in total. The van der Waals surface area contributed by atoms with E-state index >= 15 is 0 Å². The maximum atomic E-state index is 13.4. The van der Waals surface area contributed by atoms with Crippen molar-refractivity contribution in [2.24, 2.45) is 7.05 Å². The van der Waals surface area contributed by atoms with Crippen LogP contribution in [0.4, 0.5) is 23.8 Å². The first-order valence-corrected chi connectivity index (χ1v) is 15.0. The van der Waals surface area contributed by atoms with Gasteiger partial charge < -0.3 is 14.4 Å². The van der Waals surface area contributed by atoms with E-state index < -0.39 is 30.0 Å². The van der Waals surface area contributed by atoms with Gasteiger partial charge in [0.05, 0.1) is 30.0 Å². The van der Waals surface area contributed by atoms with Crippen LogP contribution in [0.5, 0.6) is 0 Å². The molecule has 2 aliphatic rings. The Bertz CT molecular complexity index is 2060. The highest BCUT2D eigenvalue weighted by Crippen LogP contribution is 2.46. The van der Waals surface area contributed by atoms with Gasteiger partial charge in [0.15, 0.2) is 0 Å². The molecule has 2 saturated heterocycles. The van der Waals surface area contributed by atoms with Gasteiger partial charge >= 0.3 is 18.2 Å². The second-order valence-corrected chi connectivity index (χ2v) is 11.7. The number of aromatic nitrogens is 5. The molecular weight excluding hydrogens is 629 g/mol. The van der Waals surface area contributed by atoms with Gasteiger partial charge in [-0.3, -0.25) is 9.58 Å². The molecule has 48 heavy (non-hydrogen) atoms. The fourth-order valence-corrected chi connectivity index (χ4v) is 6.44. The standard InChI is InChI=1S/C33H27F3N8O4/c1-41-17-25(16-39-41)23-12-26(28-24(13-37)15-40-44(28)18-23)22-8-9-27(38-14-22)42-20-32(29(42)48-30(45)33(34,35)36)10-5-11-43(32)31(46)47-19-21-6-3-2-4-7-21/h2-4,6-9,12,14-18,29H,5,10-11,19-20H2,1H3. The SMILES string of the molecule is Cn1cc(-c2cc(-c3ccc(N4CC5(CCCN5C(=O)OCc5ccccc5)C4OC(=O)C(F)(F)F)nc3)c3c(C#N)cnn3c2)cn1. The molecule has 15 heteroatoms. The molecule has 1 amide bonds. The molecule has 0 bridgehead atoms. The summed E-state index contributed by atoms with van der Waals surface area (Å²) in [6.45, 7) is 0.271. The van der Waals surface area contributed by atoms with Crippen LogP contribution in [0.2, 0.25) is 0 Å². The van der Waals surface area contributed by atoms with Crippen molar-refractivity contribution in [3.63, 3.8) is 0 Å². The largest absolute Gasteiger partial charge is 0.491 e. The van der Waals surface area contributed by atoms with E-state index in [-0.39, 0.29) is 25.5 Å². The molecule has 1 spiro atoms. The summed E-state index contributed by atoms with van der Waals surface area (Å²) < 4.78 is 54.2. The zero-order chi connectivity index (χ0) is 33.6. The van der Waals surface area contributed by atoms with E-state index in [1.807, 2.05) is 18.3 Å². The van der Waals surface area contributed by atoms with Crippen LogP contribution in [0.1, 0.15) is 24.0 Å². The van der Waals surface area contributed by atoms with Crippen LogP contribution in [0, 0.1) is 11.3 Å². The van der Waals surface area contributed by atoms with Gasteiger partial charge in [0, 0.05) is 54.4 Å². The van der Waals surface area contributed by atoms with E-state index in [1.165, 1.54) is 22.2 Å². The van der Waals surface area contributed by atoms with Crippen molar-refractivity contribution in [1.82, 2.24) is 29.3 Å². The Balaban J connectivity index is 1.19. The van der Waals surface area contributed by atoms with Crippen molar-refractivity contribution in [1.29, 1.82) is 5.26 Å². The minimum Gasteiger partial charge on any atom is -0.445 e. The molecule has 2 aliphatic heterocycles. The van der Waals surface area contributed by atoms with E-state index in [9.17, 15) is 28.0 Å². The van der Waals surface area contributed by atoms with Crippen LogP contribution in [-0.4, -0.2) is 72.4 Å². The first kappa shape index (κ1) is 30.7. The quantitative estimate of drug-likeness (QED) is 0.229. The third-order valence-corrected chi connectivity index (χ3v) is 8.72. The number of likely N-dealkylation sites (tertiary alicyclic amines) is 1. The molecule has 2 fully saturated rings. The first-order chi connectivity index (χ1) is 23.1. The molecule has 2 atom stereocenters. The molecule has 5 aromatic rings. The first-order valence-electron chi connectivity index (χ1n) is 15.0. The normalized spacial score (nSPS) is 18.9. The van der Waals surface area contributed by atoms with E-state index in [1.54, 1.807) is 65.0 Å². The van der Waals surface area contributed by atoms with Gasteiger partial charge in [0.2, 0.25) is 6.23 Å². The fourth-order valence-electron chi connectivity index (χ4n) is 6.44. The summed E-state index contributed by atoms with van der Waals surface area (Å²) in [4.78, 5) is 32.7. The maximum Gasteiger partial charge on any atom is 0.491 e. The number of nitrogens with zero attached hydrogens (tertiary/aromatic N) is 8. The maximum absolute atomic E-state index is 13.4. The summed E-state index contributed by atoms with van der Waals surface area (Å²) >= 11 is 0. The number of pyridine rings is 2. The monoisotopic (exact) mass is 656 g/mol. The number of halogens is 3. The molecule has 0 N–H and O–H groups in total. The number of carbonyl (C=O) groups excluding carboxylic acids is 2. The van der Waals surface area contributed by atoms with Crippen LogP contribution in [0.3, 0.4) is 0 Å². The lowest BCUT2D eigenvalue weighted by atomic mass is 9.84. The number of aryl methyl sites for hydroxylation is 1. The predicted molar refractivity (Wildman–Crippen MR) is 164 cm³/mol. The van der Waals surface area contributed by atoms with Gasteiger partial charge in [-0.2, -0.15) is 28.6 Å². The Morgan fingerprint density at radius 3 is 2.54 bits per heavy atom. The minimum absolute atomic E-state index is 0.0219. The Morgan fingerprint density at radius 1 is 1.04 bits per heavy atom. The van der Waals surface area contributed by atoms with E-state index in [0.29, 0.717) is 35.0 Å². The molecule has 0 aliphatic carbocycles. The number of fused-ring (bicyclic) bond motifs is 1. The molecule has 6 heterocycles. The molecule has 0 saturated carbocycles. The Morgan fingerprint density at radius 2 is 1.85 bits per heavy atom. The number of carbonyl (C=O) groups is 2. The van der Waals surface area contributed by atoms with Gasteiger partial charge in [0.25, 0.3) is 0 Å². The smallest absolute Gasteiger partial charge is 0.445 e. The molecule has 1 aromatic carbocycles. The second kappa shape index (κ2) is 11.7. The molecule has 2 unspecified atom stereocenters. The minimum atomic E-state index is -5.24. The fraction of sp³-hybridized carbons (Fsp3) is 0.273. The van der Waals surface area contributed by atoms with Gasteiger partial charge in [-0.15, -0.1) is 0 Å². The van der Waals surface area contributed by atoms with E-state index in [0.717, 1.165) is 16.7 Å². The summed E-state index contributed by atoms with van der Waals surface area (Å²) in [5.74, 6) is -2.13. The van der Waals surface area contributed by atoms with Gasteiger partial charge in [-0.1, -0.05) is 30.3 Å². The average Bonchev–Trinajstić information content (AvgIpc) is 3.84. The van der Waals surface area contributed by atoms with Crippen molar-refractivity contribution in [3.8, 4) is 28.3 Å². The van der Waals surface area contributed by atoms with Crippen LogP contribution < -0.4 is 4.90 Å². The predicted octanol–water partition coefficient (Wildman–Crippen LogP) is 5.09. The Kier molecular flexibility index (Phi) is 7.50. The average molecular weight is 657 g/mol. The number of rotatable bonds is 6. The number of anilines is 1. The topological polar surface area (TPSA) is 131 Å². The van der Waals surface area contributed by atoms with Crippen molar-refractivity contribution >= 4 is 23.4 Å². The molecular formula is C33H27F3N8O4. The van der Waals surface area contributed by atoms with E-state index in [4.69, 9.17) is 9.47 Å². The van der Waals surface area contributed by atoms with Crippen LogP contribution in [0.25, 0.3) is 27.8 Å². The molecule has 0 radical (unpaired) electrons. The highest BCUT2D eigenvalue weighted by molar-refractivity contribution is 5.87. The van der Waals surface area contributed by atoms with Gasteiger partial charge in [0.1, 0.15) is 24.0 Å². The lowest BCUT2D eigenvalue weighted by Gasteiger charge is -2.57. The highest BCUT2D eigenvalue weighted by Gasteiger charge is 2.64. The summed E-state index contributed by atoms with van der Waals surface area (Å²) in [5, 5.41) is 18.3. The van der Waals surface area contributed by atoms with Crippen molar-refractivity contribution in [2.45, 2.75) is 37.4 Å². The summed E-state index contributed by atoms with van der Waals surface area (Å²) in [6.07, 6.45) is 1.69. The van der Waals surface area contributed by atoms with Crippen molar-refractivity contribution in [2.75, 3.05) is 18.0 Å². The zero-order valence-corrected chi connectivity index (χ0v) is 25.5. The summed E-state index contributed by atoms with van der Waals surface area (Å²) in [7, 11) is 1.80. The highest BCUT2D eigenvalue weighted by atomic mass is 19.4. The van der Waals surface area contributed by atoms with Crippen LogP contribution in [0.15, 0.2) is 79.5 Å². The van der Waals surface area contributed by atoms with Crippen LogP contribution >= 0.6 is 0 Å². The van der Waals surface area contributed by atoms with Crippen LogP contribution in [-0.2, 0) is 27.9 Å². The number of hydrogen-bond acceptors (Lipinski definition) is 9. The lowest BCUT2D eigenvalue weighted by Crippen LogP contribution is -2.77. The number of amides is 1. The Labute approximate surface area is 271 Å². The number of benzene rings is 1. The summed E-state index contributed by atoms with van der Waals surface area (Å²) in [5.41, 5.74) is 3.27. The molecule has 244 valence electrons. The lowest BCUT2D eigenvalue weighted by molar-refractivity contribution is -0.215. The molecule has 7 rings (SSSR count). The van der Waals surface area contributed by atoms with Gasteiger partial charge in [-0.25, -0.2) is 19.1 Å². The zero-order valence-electron chi connectivity index (χ0n) is 25.5. The number of nitriles is 1. The number of hydrogen-bond donors (Lipinski definition) is 0. The molecule has 4 aromatic heterocycles. The Hall–Kier alpha value is -5.91. The summed E-state index contributed by atoms with van der Waals surface area (Å²) in [6, 6.07) is 16.3. The van der Waals surface area contributed by atoms with E-state index in [2.05, 4.69) is 21.3 Å². The third kappa shape index (κ3) is 5.34. The third-order valence-electron chi connectivity index (χ3n) is 8.72. The number of ether oxygens (including phenoxy) is 2. The number of alkyl halides is 3. The van der Waals surface area contributed by atoms with Crippen molar-refractivity contribution < 1.29 is 32.2 Å².